The van der Waals surface area contributed by atoms with Gasteiger partial charge < -0.3 is 35.7 Å². The van der Waals surface area contributed by atoms with Crippen LogP contribution in [0.4, 0.5) is 0 Å². The quantitative estimate of drug-likeness (QED) is 0.208. The molecular formula is C27H37N3O5. The number of aromatic hydroxyl groups is 2. The lowest BCUT2D eigenvalue weighted by molar-refractivity contribution is 0.369. The van der Waals surface area contributed by atoms with Gasteiger partial charge in [0.15, 0.2) is 17.1 Å². The molecule has 1 heterocycles. The fourth-order valence-corrected chi connectivity index (χ4v) is 3.99. The highest BCUT2D eigenvalue weighted by molar-refractivity contribution is 5.88. The fourth-order valence-electron chi connectivity index (χ4n) is 3.99. The summed E-state index contributed by atoms with van der Waals surface area (Å²) in [6, 6.07) is 10.4. The van der Waals surface area contributed by atoms with Crippen LogP contribution in [0.3, 0.4) is 0 Å². The molecule has 0 unspecified atom stereocenters. The first-order valence-corrected chi connectivity index (χ1v) is 12.3. The van der Waals surface area contributed by atoms with Gasteiger partial charge in [0.25, 0.3) is 0 Å². The predicted octanol–water partition coefficient (Wildman–Crippen LogP) is 3.51. The molecule has 0 spiro atoms. The second kappa shape index (κ2) is 13.7. The maximum Gasteiger partial charge on any atom is 0.235 e. The lowest BCUT2D eigenvalue weighted by atomic mass is 10.0. The highest BCUT2D eigenvalue weighted by Gasteiger charge is 2.19. The zero-order valence-corrected chi connectivity index (χ0v) is 20.4. The Labute approximate surface area is 206 Å². The first kappa shape index (κ1) is 26.5. The monoisotopic (exact) mass is 483 g/mol. The van der Waals surface area contributed by atoms with E-state index in [4.69, 9.17) is 14.9 Å². The molecule has 0 fully saturated rings. The third-order valence-electron chi connectivity index (χ3n) is 5.97. The second-order valence-corrected chi connectivity index (χ2v) is 8.61. The van der Waals surface area contributed by atoms with E-state index >= 15 is 0 Å². The van der Waals surface area contributed by atoms with E-state index in [1.54, 1.807) is 0 Å². The van der Waals surface area contributed by atoms with Gasteiger partial charge in [-0.15, -0.1) is 0 Å². The average Bonchev–Trinajstić information content (AvgIpc) is 2.87. The molecule has 0 aliphatic carbocycles. The molecule has 0 atom stereocenters. The van der Waals surface area contributed by atoms with Gasteiger partial charge in [0.05, 0.1) is 12.5 Å². The number of nitrogens with one attached hydrogen (secondary N) is 2. The number of phenols is 1. The van der Waals surface area contributed by atoms with Gasteiger partial charge in [0.1, 0.15) is 0 Å². The van der Waals surface area contributed by atoms with Crippen LogP contribution in [0.15, 0.2) is 45.6 Å². The highest BCUT2D eigenvalue weighted by atomic mass is 16.5. The van der Waals surface area contributed by atoms with Crippen LogP contribution in [0, 0.1) is 0 Å². The van der Waals surface area contributed by atoms with E-state index in [-0.39, 0.29) is 28.2 Å². The summed E-state index contributed by atoms with van der Waals surface area (Å²) in [5.74, 6) is -0.489. The molecule has 8 heteroatoms. The van der Waals surface area contributed by atoms with Gasteiger partial charge in [-0.2, -0.15) is 0 Å². The van der Waals surface area contributed by atoms with Crippen LogP contribution in [0.5, 0.6) is 17.2 Å². The van der Waals surface area contributed by atoms with E-state index in [1.165, 1.54) is 37.6 Å². The van der Waals surface area contributed by atoms with Gasteiger partial charge in [-0.3, -0.25) is 4.79 Å². The van der Waals surface area contributed by atoms with Gasteiger partial charge in [0.2, 0.25) is 16.9 Å². The lowest BCUT2D eigenvalue weighted by Crippen LogP contribution is -2.21. The predicted molar refractivity (Wildman–Crippen MR) is 139 cm³/mol. The number of ether oxygens (including phenoxy) is 1. The molecule has 3 rings (SSSR count). The summed E-state index contributed by atoms with van der Waals surface area (Å²) in [4.78, 5) is 12.6. The summed E-state index contributed by atoms with van der Waals surface area (Å²) in [7, 11) is 1.38. The number of methoxy groups -OCH3 is 1. The van der Waals surface area contributed by atoms with Crippen molar-refractivity contribution in [3.63, 3.8) is 0 Å². The molecule has 8 nitrogen and oxygen atoms in total. The lowest BCUT2D eigenvalue weighted by Gasteiger charge is -2.10. The van der Waals surface area contributed by atoms with Gasteiger partial charge >= 0.3 is 0 Å². The average molecular weight is 484 g/mol. The Morgan fingerprint density at radius 1 is 0.886 bits per heavy atom. The molecule has 3 aromatic rings. The van der Waals surface area contributed by atoms with Crippen LogP contribution in [0.2, 0.25) is 0 Å². The fraction of sp³-hybridized carbons (Fsp3) is 0.444. The van der Waals surface area contributed by atoms with Crippen molar-refractivity contribution in [3.8, 4) is 28.6 Å². The van der Waals surface area contributed by atoms with Crippen LogP contribution < -0.4 is 26.5 Å². The SMILES string of the molecule is COc1c(O)ccc2c(=O)c(O)c(-c3ccc(CCCCNCCCCNCCCN)cc3)oc12. The van der Waals surface area contributed by atoms with Crippen LogP contribution in [0.25, 0.3) is 22.3 Å². The number of aryl methyl sites for hydroxylation is 1. The molecule has 0 saturated carbocycles. The summed E-state index contributed by atoms with van der Waals surface area (Å²) in [6.07, 6.45) is 6.48. The highest BCUT2D eigenvalue weighted by Crippen LogP contribution is 2.38. The van der Waals surface area contributed by atoms with Gasteiger partial charge in [0, 0.05) is 5.56 Å². The van der Waals surface area contributed by atoms with E-state index in [0.29, 0.717) is 5.56 Å². The molecular weight excluding hydrogens is 446 g/mol. The number of nitrogens with two attached hydrogens (primary N) is 1. The number of hydrogen-bond donors (Lipinski definition) is 5. The molecule has 0 radical (unpaired) electrons. The van der Waals surface area contributed by atoms with Crippen molar-refractivity contribution in [3.05, 3.63) is 52.2 Å². The first-order valence-electron chi connectivity index (χ1n) is 12.3. The normalized spacial score (nSPS) is 11.3. The number of hydrogen-bond acceptors (Lipinski definition) is 8. The molecule has 0 aliphatic rings. The summed E-state index contributed by atoms with van der Waals surface area (Å²) in [5, 5.41) is 27.5. The van der Waals surface area contributed by atoms with Crippen molar-refractivity contribution in [1.82, 2.24) is 10.6 Å². The maximum absolute atomic E-state index is 12.6. The summed E-state index contributed by atoms with van der Waals surface area (Å²) >= 11 is 0. The Morgan fingerprint density at radius 2 is 1.51 bits per heavy atom. The minimum Gasteiger partial charge on any atom is -0.504 e. The van der Waals surface area contributed by atoms with E-state index in [9.17, 15) is 15.0 Å². The van der Waals surface area contributed by atoms with Crippen molar-refractivity contribution >= 4 is 11.0 Å². The Balaban J connectivity index is 1.48. The van der Waals surface area contributed by atoms with Crippen LogP contribution in [-0.2, 0) is 6.42 Å². The molecule has 6 N–H and O–H groups in total. The summed E-state index contributed by atoms with van der Waals surface area (Å²) in [5.41, 5.74) is 6.76. The molecule has 35 heavy (non-hydrogen) atoms. The summed E-state index contributed by atoms with van der Waals surface area (Å²) < 4.78 is 11.0. The number of rotatable bonds is 15. The zero-order chi connectivity index (χ0) is 25.0. The third kappa shape index (κ3) is 7.21. The minimum atomic E-state index is -0.570. The van der Waals surface area contributed by atoms with Crippen molar-refractivity contribution in [2.75, 3.05) is 39.8 Å². The van der Waals surface area contributed by atoms with E-state index in [2.05, 4.69) is 10.6 Å². The van der Waals surface area contributed by atoms with Gasteiger partial charge in [-0.05, 0) is 88.9 Å². The topological polar surface area (TPSA) is 130 Å². The van der Waals surface area contributed by atoms with E-state index in [0.717, 1.165) is 58.4 Å². The second-order valence-electron chi connectivity index (χ2n) is 8.61. The Bertz CT molecular complexity index is 1130. The van der Waals surface area contributed by atoms with Crippen LogP contribution in [0.1, 0.15) is 37.7 Å². The van der Waals surface area contributed by atoms with Crippen LogP contribution >= 0.6 is 0 Å². The minimum absolute atomic E-state index is 0.0525. The van der Waals surface area contributed by atoms with Crippen LogP contribution in [-0.4, -0.2) is 50.0 Å². The van der Waals surface area contributed by atoms with Gasteiger partial charge in [-0.25, -0.2) is 0 Å². The number of fused-ring (bicyclic) bond motifs is 1. The largest absolute Gasteiger partial charge is 0.504 e. The van der Waals surface area contributed by atoms with Crippen molar-refractivity contribution in [1.29, 1.82) is 0 Å². The summed E-state index contributed by atoms with van der Waals surface area (Å²) in [6.45, 7) is 4.84. The maximum atomic E-state index is 12.6. The Morgan fingerprint density at radius 3 is 2.14 bits per heavy atom. The Hall–Kier alpha value is -3.07. The van der Waals surface area contributed by atoms with Gasteiger partial charge in [-0.1, -0.05) is 24.3 Å². The van der Waals surface area contributed by atoms with Crippen molar-refractivity contribution in [2.45, 2.75) is 38.5 Å². The standard InChI is InChI=1S/C27H37N3O5/c1-34-27-22(31)13-12-21-23(32)24(33)25(35-26(21)27)20-10-8-19(9-11-20)7-2-3-15-29-16-4-5-17-30-18-6-14-28/h8-13,29-31,33H,2-7,14-18,28H2,1H3. The zero-order valence-electron chi connectivity index (χ0n) is 20.4. The van der Waals surface area contributed by atoms with Crippen molar-refractivity contribution in [2.24, 2.45) is 5.73 Å². The smallest absolute Gasteiger partial charge is 0.235 e. The molecule has 190 valence electrons. The number of unbranched alkanes of at least 4 members (excludes halogenated alkanes) is 2. The molecule has 0 amide bonds. The van der Waals surface area contributed by atoms with E-state index in [1.807, 2.05) is 24.3 Å². The molecule has 2 aromatic carbocycles. The Kier molecular flexibility index (Phi) is 10.4. The van der Waals surface area contributed by atoms with E-state index < -0.39 is 11.2 Å². The number of benzene rings is 2. The molecule has 1 aromatic heterocycles. The molecule has 0 bridgehead atoms. The molecule has 0 saturated heterocycles. The first-order chi connectivity index (χ1) is 17.1. The van der Waals surface area contributed by atoms with Crippen molar-refractivity contribution < 1.29 is 19.4 Å². The molecule has 0 aliphatic heterocycles. The third-order valence-corrected chi connectivity index (χ3v) is 5.97. The number of phenolic OH excluding ortho intramolecular Hbond substituents is 1.